The van der Waals surface area contributed by atoms with Gasteiger partial charge in [0.15, 0.2) is 5.96 Å². The minimum atomic E-state index is -0.472. The average molecular weight is 454 g/mol. The number of nitrogens with one attached hydrogen (secondary N) is 2. The Kier molecular flexibility index (Phi) is 7.58. The van der Waals surface area contributed by atoms with Crippen molar-refractivity contribution in [3.63, 3.8) is 0 Å². The third-order valence-electron chi connectivity index (χ3n) is 3.99. The molecule has 1 atom stereocenters. The molecule has 2 N–H and O–H groups in total. The molecule has 0 bridgehead atoms. The number of guanidine groups is 1. The van der Waals surface area contributed by atoms with E-state index < -0.39 is 5.60 Å². The lowest BCUT2D eigenvalue weighted by molar-refractivity contribution is -0.0972. The van der Waals surface area contributed by atoms with Gasteiger partial charge in [-0.3, -0.25) is 4.99 Å². The molecule has 0 saturated carbocycles. The number of amides is 1. The fourth-order valence-corrected chi connectivity index (χ4v) is 2.72. The topological polar surface area (TPSA) is 75.2 Å². The van der Waals surface area contributed by atoms with Gasteiger partial charge < -0.3 is 25.0 Å². The highest BCUT2D eigenvalue weighted by molar-refractivity contribution is 14.0. The molecule has 2 saturated heterocycles. The number of hydrogen-bond acceptors (Lipinski definition) is 4. The normalized spacial score (nSPS) is 23.1. The second-order valence-electron chi connectivity index (χ2n) is 7.78. The molecule has 2 aliphatic rings. The Morgan fingerprint density at radius 2 is 2.08 bits per heavy atom. The van der Waals surface area contributed by atoms with E-state index in [4.69, 9.17) is 9.47 Å². The van der Waals surface area contributed by atoms with Crippen molar-refractivity contribution in [2.45, 2.75) is 45.8 Å². The van der Waals surface area contributed by atoms with E-state index in [2.05, 4.69) is 27.4 Å². The van der Waals surface area contributed by atoms with Gasteiger partial charge in [0, 0.05) is 32.1 Å². The van der Waals surface area contributed by atoms with Crippen molar-refractivity contribution < 1.29 is 14.3 Å². The van der Waals surface area contributed by atoms with Crippen molar-refractivity contribution in [2.75, 3.05) is 39.9 Å². The summed E-state index contributed by atoms with van der Waals surface area (Å²) in [6.45, 7) is 11.8. The fourth-order valence-electron chi connectivity index (χ4n) is 2.72. The number of halogens is 1. The van der Waals surface area contributed by atoms with E-state index in [0.29, 0.717) is 0 Å². The monoisotopic (exact) mass is 454 g/mol. The molecule has 1 unspecified atom stereocenters. The summed E-state index contributed by atoms with van der Waals surface area (Å²) in [6, 6.07) is 0.0889. The summed E-state index contributed by atoms with van der Waals surface area (Å²) in [7, 11) is 1.79. The van der Waals surface area contributed by atoms with E-state index in [1.165, 1.54) is 0 Å². The molecule has 0 aromatic carbocycles. The van der Waals surface area contributed by atoms with Gasteiger partial charge in [0.1, 0.15) is 5.60 Å². The van der Waals surface area contributed by atoms with E-state index >= 15 is 0 Å². The zero-order chi connectivity index (χ0) is 17.1. The molecule has 7 nitrogen and oxygen atoms in total. The number of likely N-dealkylation sites (tertiary alicyclic amines) is 1. The maximum Gasteiger partial charge on any atom is 0.407 e. The van der Waals surface area contributed by atoms with Crippen molar-refractivity contribution in [3.8, 4) is 0 Å². The molecule has 2 aliphatic heterocycles. The van der Waals surface area contributed by atoms with Crippen LogP contribution in [0.15, 0.2) is 4.99 Å². The molecular formula is C16H31IN4O3. The summed E-state index contributed by atoms with van der Waals surface area (Å²) < 4.78 is 10.6. The number of aliphatic imine (C=N–C) groups is 1. The maximum absolute atomic E-state index is 11.9. The number of alkyl carbamates (subject to hydrolysis) is 1. The summed E-state index contributed by atoms with van der Waals surface area (Å²) in [5.41, 5.74) is -0.274. The smallest absolute Gasteiger partial charge is 0.407 e. The predicted octanol–water partition coefficient (Wildman–Crippen LogP) is 1.82. The third kappa shape index (κ3) is 6.27. The lowest BCUT2D eigenvalue weighted by atomic mass is 9.89. The van der Waals surface area contributed by atoms with Gasteiger partial charge >= 0.3 is 6.09 Å². The van der Waals surface area contributed by atoms with Gasteiger partial charge in [0.2, 0.25) is 0 Å². The molecule has 0 spiro atoms. The first-order chi connectivity index (χ1) is 10.7. The molecule has 0 aliphatic carbocycles. The Hall–Kier alpha value is -0.770. The van der Waals surface area contributed by atoms with Gasteiger partial charge in [0.25, 0.3) is 0 Å². The largest absolute Gasteiger partial charge is 0.444 e. The minimum absolute atomic E-state index is 0. The van der Waals surface area contributed by atoms with Crippen LogP contribution >= 0.6 is 24.0 Å². The number of nitrogens with zero attached hydrogens (tertiary/aromatic N) is 2. The molecule has 2 heterocycles. The Morgan fingerprint density at radius 1 is 1.42 bits per heavy atom. The molecule has 140 valence electrons. The second kappa shape index (κ2) is 8.55. The van der Waals surface area contributed by atoms with E-state index in [0.717, 1.165) is 45.2 Å². The summed E-state index contributed by atoms with van der Waals surface area (Å²) in [4.78, 5) is 18.4. The lowest BCUT2D eigenvalue weighted by Crippen LogP contribution is -2.52. The summed E-state index contributed by atoms with van der Waals surface area (Å²) in [5.74, 6) is 0.881. The molecule has 0 radical (unpaired) electrons. The third-order valence-corrected chi connectivity index (χ3v) is 3.99. The number of carbonyl (C=O) groups is 1. The van der Waals surface area contributed by atoms with Crippen LogP contribution in [-0.2, 0) is 9.47 Å². The van der Waals surface area contributed by atoms with Crippen molar-refractivity contribution in [1.82, 2.24) is 15.5 Å². The minimum Gasteiger partial charge on any atom is -0.444 e. The number of carbonyl (C=O) groups excluding carboxylic acids is 1. The van der Waals surface area contributed by atoms with E-state index in [1.54, 1.807) is 7.05 Å². The Bertz CT molecular complexity index is 461. The van der Waals surface area contributed by atoms with Crippen LogP contribution in [-0.4, -0.2) is 68.5 Å². The zero-order valence-corrected chi connectivity index (χ0v) is 17.7. The van der Waals surface area contributed by atoms with Crippen LogP contribution < -0.4 is 10.6 Å². The second-order valence-corrected chi connectivity index (χ2v) is 7.78. The first-order valence-electron chi connectivity index (χ1n) is 8.24. The van der Waals surface area contributed by atoms with Crippen molar-refractivity contribution in [3.05, 3.63) is 0 Å². The Labute approximate surface area is 161 Å². The lowest BCUT2D eigenvalue weighted by Gasteiger charge is -2.39. The van der Waals surface area contributed by atoms with Crippen LogP contribution in [0.4, 0.5) is 4.79 Å². The van der Waals surface area contributed by atoms with E-state index in [1.807, 2.05) is 20.8 Å². The predicted molar refractivity (Wildman–Crippen MR) is 105 cm³/mol. The van der Waals surface area contributed by atoms with Gasteiger partial charge in [-0.1, -0.05) is 6.92 Å². The van der Waals surface area contributed by atoms with Gasteiger partial charge in [-0.2, -0.15) is 0 Å². The number of rotatable bonds is 3. The summed E-state index contributed by atoms with van der Waals surface area (Å²) in [5, 5.41) is 6.35. The molecule has 1 amide bonds. The molecule has 2 fully saturated rings. The Balaban J connectivity index is 0.00000288. The van der Waals surface area contributed by atoms with Crippen molar-refractivity contribution >= 4 is 36.0 Å². The standard InChI is InChI=1S/C16H30N4O3.HI/c1-15(2,3)23-14(21)19-12-6-7-20(8-12)13(17-5)18-9-16(4)10-22-11-16;/h12H,6-11H2,1-5H3,(H,17,18)(H,19,21);1H. The van der Waals surface area contributed by atoms with Gasteiger partial charge in [-0.15, -0.1) is 24.0 Å². The Morgan fingerprint density at radius 3 is 2.58 bits per heavy atom. The van der Waals surface area contributed by atoms with Crippen LogP contribution in [0.25, 0.3) is 0 Å². The van der Waals surface area contributed by atoms with Crippen LogP contribution in [0.2, 0.25) is 0 Å². The zero-order valence-electron chi connectivity index (χ0n) is 15.3. The molecular weight excluding hydrogens is 423 g/mol. The van der Waals surface area contributed by atoms with E-state index in [9.17, 15) is 4.79 Å². The average Bonchev–Trinajstić information content (AvgIpc) is 2.83. The molecule has 24 heavy (non-hydrogen) atoms. The van der Waals surface area contributed by atoms with Crippen LogP contribution in [0, 0.1) is 5.41 Å². The summed E-state index contributed by atoms with van der Waals surface area (Å²) >= 11 is 0. The highest BCUT2D eigenvalue weighted by Gasteiger charge is 2.34. The van der Waals surface area contributed by atoms with Crippen LogP contribution in [0.5, 0.6) is 0 Å². The quantitative estimate of drug-likeness (QED) is 0.387. The van der Waals surface area contributed by atoms with Gasteiger partial charge in [-0.05, 0) is 27.2 Å². The summed E-state index contributed by atoms with van der Waals surface area (Å²) in [6.07, 6.45) is 0.534. The SMILES string of the molecule is CN=C(NCC1(C)COC1)N1CCC(NC(=O)OC(C)(C)C)C1.I. The highest BCUT2D eigenvalue weighted by Crippen LogP contribution is 2.25. The molecule has 2 rings (SSSR count). The maximum atomic E-state index is 11.9. The molecule has 8 heteroatoms. The number of hydrogen-bond donors (Lipinski definition) is 2. The molecule has 0 aromatic rings. The fraction of sp³-hybridized carbons (Fsp3) is 0.875. The first kappa shape index (κ1) is 21.3. The van der Waals surface area contributed by atoms with Crippen LogP contribution in [0.3, 0.4) is 0 Å². The van der Waals surface area contributed by atoms with Crippen molar-refractivity contribution in [2.24, 2.45) is 10.4 Å². The first-order valence-corrected chi connectivity index (χ1v) is 8.24. The van der Waals surface area contributed by atoms with Gasteiger partial charge in [-0.25, -0.2) is 4.79 Å². The molecule has 0 aromatic heterocycles. The highest BCUT2D eigenvalue weighted by atomic mass is 127. The van der Waals surface area contributed by atoms with Crippen molar-refractivity contribution in [1.29, 1.82) is 0 Å². The van der Waals surface area contributed by atoms with Gasteiger partial charge in [0.05, 0.1) is 19.3 Å². The van der Waals surface area contributed by atoms with Crippen LogP contribution in [0.1, 0.15) is 34.1 Å². The van der Waals surface area contributed by atoms with E-state index in [-0.39, 0.29) is 41.5 Å². The number of ether oxygens (including phenoxy) is 2.